The number of nitrogens with zero attached hydrogens (tertiary/aromatic N) is 1. The Morgan fingerprint density at radius 2 is 2.22 bits per heavy atom. The lowest BCUT2D eigenvalue weighted by Gasteiger charge is -2.37. The summed E-state index contributed by atoms with van der Waals surface area (Å²) in [6.07, 6.45) is 5.51. The van der Waals surface area contributed by atoms with Crippen LogP contribution >= 0.6 is 0 Å². The third-order valence-corrected chi connectivity index (χ3v) is 3.58. The molecule has 1 aromatic rings. The van der Waals surface area contributed by atoms with Crippen LogP contribution in [-0.2, 0) is 4.74 Å². The lowest BCUT2D eigenvalue weighted by atomic mass is 9.87. The van der Waals surface area contributed by atoms with Crippen molar-refractivity contribution >= 4 is 5.69 Å². The topological polar surface area (TPSA) is 60.2 Å². The second-order valence-electron chi connectivity index (χ2n) is 4.76. The Balaban J connectivity index is 3.09. The quantitative estimate of drug-likeness (QED) is 0.781. The zero-order chi connectivity index (χ0) is 13.6. The van der Waals surface area contributed by atoms with Crippen LogP contribution in [0.2, 0.25) is 0 Å². The number of nitrogens with one attached hydrogen (secondary N) is 1. The van der Waals surface area contributed by atoms with E-state index in [0.717, 1.165) is 30.6 Å². The Hall–Kier alpha value is -1.13. The molecule has 2 atom stereocenters. The van der Waals surface area contributed by atoms with E-state index in [2.05, 4.69) is 31.1 Å². The standard InChI is InChI=1S/C14H25N3O/c1-5-8-17-13(14(3,6-2)18-4)11-10-16-9-7-12(11)15/h7,9-10,13,17H,5-6,8H2,1-4H3,(H2,15,16). The Morgan fingerprint density at radius 3 is 2.72 bits per heavy atom. The van der Waals surface area contributed by atoms with E-state index in [1.165, 1.54) is 0 Å². The van der Waals surface area contributed by atoms with Crippen molar-refractivity contribution in [3.05, 3.63) is 24.0 Å². The molecule has 0 saturated heterocycles. The molecular weight excluding hydrogens is 226 g/mol. The minimum Gasteiger partial charge on any atom is -0.398 e. The Bertz CT molecular complexity index is 364. The molecule has 0 bridgehead atoms. The molecule has 0 aliphatic heterocycles. The van der Waals surface area contributed by atoms with Crippen molar-refractivity contribution in [3.63, 3.8) is 0 Å². The molecule has 4 heteroatoms. The van der Waals surface area contributed by atoms with E-state index >= 15 is 0 Å². The minimum atomic E-state index is -0.285. The first-order valence-corrected chi connectivity index (χ1v) is 6.57. The highest BCUT2D eigenvalue weighted by molar-refractivity contribution is 5.47. The average Bonchev–Trinajstić information content (AvgIpc) is 2.40. The predicted molar refractivity (Wildman–Crippen MR) is 75.4 cm³/mol. The third kappa shape index (κ3) is 3.21. The SMILES string of the molecule is CCCNC(c1cnccc1N)C(C)(CC)OC. The summed E-state index contributed by atoms with van der Waals surface area (Å²) >= 11 is 0. The maximum Gasteiger partial charge on any atom is 0.0843 e. The number of nitrogen functional groups attached to an aromatic ring is 1. The zero-order valence-corrected chi connectivity index (χ0v) is 11.9. The molecule has 18 heavy (non-hydrogen) atoms. The normalized spacial score (nSPS) is 16.2. The summed E-state index contributed by atoms with van der Waals surface area (Å²) in [7, 11) is 1.75. The molecule has 1 rings (SSSR count). The first-order chi connectivity index (χ1) is 8.59. The minimum absolute atomic E-state index is 0.0566. The van der Waals surface area contributed by atoms with Crippen LogP contribution < -0.4 is 11.1 Å². The van der Waals surface area contributed by atoms with Gasteiger partial charge in [0, 0.05) is 30.8 Å². The summed E-state index contributed by atoms with van der Waals surface area (Å²) in [5, 5.41) is 3.52. The molecule has 1 heterocycles. The van der Waals surface area contributed by atoms with Crippen molar-refractivity contribution in [1.29, 1.82) is 0 Å². The molecule has 2 unspecified atom stereocenters. The summed E-state index contributed by atoms with van der Waals surface area (Å²) in [6, 6.07) is 1.89. The molecule has 0 spiro atoms. The van der Waals surface area contributed by atoms with Crippen molar-refractivity contribution < 1.29 is 4.74 Å². The van der Waals surface area contributed by atoms with E-state index in [-0.39, 0.29) is 11.6 Å². The number of pyridine rings is 1. The second-order valence-corrected chi connectivity index (χ2v) is 4.76. The zero-order valence-electron chi connectivity index (χ0n) is 11.9. The number of nitrogens with two attached hydrogens (primary N) is 1. The highest BCUT2D eigenvalue weighted by Crippen LogP contribution is 2.33. The molecule has 0 amide bonds. The summed E-state index contributed by atoms with van der Waals surface area (Å²) in [6.45, 7) is 7.30. The largest absolute Gasteiger partial charge is 0.398 e. The van der Waals surface area contributed by atoms with Gasteiger partial charge in [-0.2, -0.15) is 0 Å². The molecule has 1 aromatic heterocycles. The number of aromatic nitrogens is 1. The van der Waals surface area contributed by atoms with Crippen molar-refractivity contribution in [3.8, 4) is 0 Å². The van der Waals surface area contributed by atoms with Crippen molar-refractivity contribution in [2.45, 2.75) is 45.3 Å². The van der Waals surface area contributed by atoms with E-state index in [0.29, 0.717) is 0 Å². The monoisotopic (exact) mass is 251 g/mol. The summed E-state index contributed by atoms with van der Waals surface area (Å²) in [4.78, 5) is 4.18. The van der Waals surface area contributed by atoms with Gasteiger partial charge in [-0.25, -0.2) is 0 Å². The lowest BCUT2D eigenvalue weighted by molar-refractivity contribution is -0.0298. The van der Waals surface area contributed by atoms with Crippen LogP contribution in [0.4, 0.5) is 5.69 Å². The van der Waals surface area contributed by atoms with Gasteiger partial charge in [-0.15, -0.1) is 0 Å². The lowest BCUT2D eigenvalue weighted by Crippen LogP contribution is -2.43. The van der Waals surface area contributed by atoms with Gasteiger partial charge in [0.2, 0.25) is 0 Å². The first-order valence-electron chi connectivity index (χ1n) is 6.57. The van der Waals surface area contributed by atoms with E-state index in [1.54, 1.807) is 13.3 Å². The number of ether oxygens (including phenoxy) is 1. The van der Waals surface area contributed by atoms with Gasteiger partial charge >= 0.3 is 0 Å². The van der Waals surface area contributed by atoms with Crippen molar-refractivity contribution in [1.82, 2.24) is 10.3 Å². The molecule has 0 fully saturated rings. The van der Waals surface area contributed by atoms with Gasteiger partial charge in [0.1, 0.15) is 0 Å². The van der Waals surface area contributed by atoms with Crippen LogP contribution in [0.5, 0.6) is 0 Å². The highest BCUT2D eigenvalue weighted by Gasteiger charge is 2.34. The molecular formula is C14H25N3O. The Labute approximate surface area is 110 Å². The maximum absolute atomic E-state index is 6.06. The van der Waals surface area contributed by atoms with Crippen LogP contribution in [0.25, 0.3) is 0 Å². The molecule has 3 N–H and O–H groups in total. The Kier molecular flexibility index (Phi) is 5.56. The fourth-order valence-electron chi connectivity index (χ4n) is 2.07. The Morgan fingerprint density at radius 1 is 1.50 bits per heavy atom. The van der Waals surface area contributed by atoms with E-state index in [9.17, 15) is 0 Å². The van der Waals surface area contributed by atoms with Gasteiger partial charge in [-0.05, 0) is 32.4 Å². The van der Waals surface area contributed by atoms with Crippen LogP contribution in [-0.4, -0.2) is 24.2 Å². The van der Waals surface area contributed by atoms with E-state index in [4.69, 9.17) is 10.5 Å². The van der Waals surface area contributed by atoms with Crippen LogP contribution in [0.1, 0.15) is 45.2 Å². The fraction of sp³-hybridized carbons (Fsp3) is 0.643. The summed E-state index contributed by atoms with van der Waals surface area (Å²) in [5.41, 5.74) is 7.55. The number of methoxy groups -OCH3 is 1. The van der Waals surface area contributed by atoms with Gasteiger partial charge in [0.25, 0.3) is 0 Å². The van der Waals surface area contributed by atoms with Crippen molar-refractivity contribution in [2.75, 3.05) is 19.4 Å². The first kappa shape index (κ1) is 14.9. The van der Waals surface area contributed by atoms with Crippen LogP contribution in [0.3, 0.4) is 0 Å². The average molecular weight is 251 g/mol. The number of hydrogen-bond donors (Lipinski definition) is 2. The fourth-order valence-corrected chi connectivity index (χ4v) is 2.07. The summed E-state index contributed by atoms with van der Waals surface area (Å²) < 4.78 is 5.71. The molecule has 0 aromatic carbocycles. The molecule has 0 aliphatic carbocycles. The predicted octanol–water partition coefficient (Wildman–Crippen LogP) is 2.52. The second kappa shape index (κ2) is 6.71. The van der Waals surface area contributed by atoms with Crippen LogP contribution in [0, 0.1) is 0 Å². The van der Waals surface area contributed by atoms with Gasteiger partial charge in [-0.1, -0.05) is 13.8 Å². The number of rotatable bonds is 7. The molecule has 0 saturated carbocycles. The van der Waals surface area contributed by atoms with Gasteiger partial charge in [0.05, 0.1) is 11.6 Å². The van der Waals surface area contributed by atoms with Crippen LogP contribution in [0.15, 0.2) is 18.5 Å². The maximum atomic E-state index is 6.06. The number of anilines is 1. The van der Waals surface area contributed by atoms with E-state index < -0.39 is 0 Å². The highest BCUT2D eigenvalue weighted by atomic mass is 16.5. The van der Waals surface area contributed by atoms with E-state index in [1.807, 2.05) is 12.3 Å². The van der Waals surface area contributed by atoms with Gasteiger partial charge in [0.15, 0.2) is 0 Å². The summed E-state index contributed by atoms with van der Waals surface area (Å²) in [5.74, 6) is 0. The smallest absolute Gasteiger partial charge is 0.0843 e. The molecule has 4 nitrogen and oxygen atoms in total. The third-order valence-electron chi connectivity index (χ3n) is 3.58. The molecule has 0 radical (unpaired) electrons. The van der Waals surface area contributed by atoms with Gasteiger partial charge < -0.3 is 15.8 Å². The molecule has 0 aliphatic rings. The molecule has 102 valence electrons. The van der Waals surface area contributed by atoms with Crippen molar-refractivity contribution in [2.24, 2.45) is 0 Å². The van der Waals surface area contributed by atoms with Gasteiger partial charge in [-0.3, -0.25) is 4.98 Å². The number of hydrogen-bond acceptors (Lipinski definition) is 4.